The van der Waals surface area contributed by atoms with E-state index < -0.39 is 11.5 Å². The van der Waals surface area contributed by atoms with Gasteiger partial charge in [-0.05, 0) is 18.4 Å². The number of esters is 1. The lowest BCUT2D eigenvalue weighted by atomic mass is 9.88. The van der Waals surface area contributed by atoms with Crippen molar-refractivity contribution in [3.05, 3.63) is 61.2 Å². The van der Waals surface area contributed by atoms with Gasteiger partial charge in [0.15, 0.2) is 0 Å². The minimum Gasteiger partial charge on any atom is -0.463 e. The molecule has 1 aromatic carbocycles. The maximum atomic E-state index is 12.6. The van der Waals surface area contributed by atoms with Crippen molar-refractivity contribution in [2.45, 2.75) is 39.7 Å². The van der Waals surface area contributed by atoms with E-state index in [1.54, 1.807) is 19.1 Å². The average Bonchev–Trinajstić information content (AvgIpc) is 2.58. The number of rotatable bonds is 10. The first-order valence-corrected chi connectivity index (χ1v) is 8.56. The fourth-order valence-corrected chi connectivity index (χ4v) is 2.37. The topological polar surface area (TPSA) is 55.4 Å². The van der Waals surface area contributed by atoms with E-state index >= 15 is 0 Å². The molecule has 0 heterocycles. The van der Waals surface area contributed by atoms with Crippen molar-refractivity contribution in [2.75, 3.05) is 6.61 Å². The minimum atomic E-state index is -0.574. The van der Waals surface area contributed by atoms with Crippen LogP contribution in [0.1, 0.15) is 45.2 Å². The molecule has 0 bridgehead atoms. The Morgan fingerprint density at radius 2 is 1.84 bits per heavy atom. The quantitative estimate of drug-likeness (QED) is 0.512. The summed E-state index contributed by atoms with van der Waals surface area (Å²) in [6.07, 6.45) is 4.55. The molecule has 1 aromatic rings. The summed E-state index contributed by atoms with van der Waals surface area (Å²) in [5, 5.41) is 3.00. The molecule has 0 radical (unpaired) electrons. The van der Waals surface area contributed by atoms with Gasteiger partial charge in [-0.15, -0.1) is 13.2 Å². The second kappa shape index (κ2) is 9.82. The normalized spacial score (nSPS) is 13.4. The highest BCUT2D eigenvalue weighted by atomic mass is 16.5. The number of allylic oxidation sites excluding steroid dienone is 2. The van der Waals surface area contributed by atoms with Gasteiger partial charge < -0.3 is 10.1 Å². The number of hydrogen-bond acceptors (Lipinski definition) is 3. The smallest absolute Gasteiger partial charge is 0.309 e. The molecule has 4 heteroatoms. The van der Waals surface area contributed by atoms with Crippen LogP contribution >= 0.6 is 0 Å². The summed E-state index contributed by atoms with van der Waals surface area (Å²) < 4.78 is 5.42. The van der Waals surface area contributed by atoms with Crippen molar-refractivity contribution in [1.29, 1.82) is 0 Å². The van der Waals surface area contributed by atoms with Crippen LogP contribution in [0.4, 0.5) is 0 Å². The fourth-order valence-electron chi connectivity index (χ4n) is 2.37. The van der Waals surface area contributed by atoms with Crippen LogP contribution in [-0.2, 0) is 14.3 Å². The molecule has 0 fully saturated rings. The highest BCUT2D eigenvalue weighted by Gasteiger charge is 2.29. The molecule has 0 saturated heterocycles. The van der Waals surface area contributed by atoms with Gasteiger partial charge in [0.1, 0.15) is 6.61 Å². The number of benzene rings is 1. The molecule has 0 aliphatic carbocycles. The first-order valence-electron chi connectivity index (χ1n) is 8.56. The lowest BCUT2D eigenvalue weighted by molar-refractivity contribution is -0.149. The predicted octanol–water partition coefficient (Wildman–Crippen LogP) is 4.20. The van der Waals surface area contributed by atoms with E-state index in [9.17, 15) is 9.59 Å². The van der Waals surface area contributed by atoms with Crippen molar-refractivity contribution in [3.63, 3.8) is 0 Å². The molecule has 4 nitrogen and oxygen atoms in total. The van der Waals surface area contributed by atoms with Gasteiger partial charge in [0.05, 0.1) is 12.0 Å². The van der Waals surface area contributed by atoms with Crippen LogP contribution in [0.2, 0.25) is 0 Å². The summed E-state index contributed by atoms with van der Waals surface area (Å²) in [5.41, 5.74) is 0.323. The Labute approximate surface area is 151 Å². The Bertz CT molecular complexity index is 592. The monoisotopic (exact) mass is 343 g/mol. The summed E-state index contributed by atoms with van der Waals surface area (Å²) in [6.45, 7) is 13.0. The van der Waals surface area contributed by atoms with Gasteiger partial charge >= 0.3 is 5.97 Å². The fraction of sp³-hybridized carbons (Fsp3) is 0.429. The molecule has 136 valence electrons. The van der Waals surface area contributed by atoms with E-state index in [-0.39, 0.29) is 24.4 Å². The van der Waals surface area contributed by atoms with Crippen molar-refractivity contribution in [2.24, 2.45) is 11.3 Å². The summed E-state index contributed by atoms with van der Waals surface area (Å²) >= 11 is 0. The first kappa shape index (κ1) is 20.7. The first-order chi connectivity index (χ1) is 11.8. The maximum Gasteiger partial charge on any atom is 0.309 e. The van der Waals surface area contributed by atoms with Gasteiger partial charge in [-0.2, -0.15) is 0 Å². The summed E-state index contributed by atoms with van der Waals surface area (Å²) in [6, 6.07) is 9.12. The third-order valence-corrected chi connectivity index (χ3v) is 4.09. The van der Waals surface area contributed by atoms with E-state index in [1.165, 1.54) is 0 Å². The molecule has 1 rings (SSSR count). The lowest BCUT2D eigenvalue weighted by Crippen LogP contribution is -2.40. The second-order valence-corrected chi connectivity index (χ2v) is 6.87. The number of hydrogen-bond donors (Lipinski definition) is 1. The molecule has 0 aliphatic heterocycles. The van der Waals surface area contributed by atoms with Gasteiger partial charge in [0.2, 0.25) is 5.91 Å². The molecule has 0 spiro atoms. The van der Waals surface area contributed by atoms with Crippen molar-refractivity contribution >= 4 is 11.9 Å². The molecule has 0 aromatic heterocycles. The largest absolute Gasteiger partial charge is 0.463 e. The molecule has 2 atom stereocenters. The van der Waals surface area contributed by atoms with Crippen LogP contribution in [-0.4, -0.2) is 18.5 Å². The van der Waals surface area contributed by atoms with Gasteiger partial charge in [-0.3, -0.25) is 9.59 Å². The Hall–Kier alpha value is -2.36. The predicted molar refractivity (Wildman–Crippen MR) is 101 cm³/mol. The van der Waals surface area contributed by atoms with Crippen LogP contribution in [0, 0.1) is 11.3 Å². The van der Waals surface area contributed by atoms with Crippen LogP contribution in [0.3, 0.4) is 0 Å². The number of ether oxygens (including phenoxy) is 1. The Kier molecular flexibility index (Phi) is 8.12. The molecule has 1 N–H and O–H groups in total. The van der Waals surface area contributed by atoms with Crippen molar-refractivity contribution < 1.29 is 14.3 Å². The molecule has 2 unspecified atom stereocenters. The van der Waals surface area contributed by atoms with Crippen LogP contribution in [0.5, 0.6) is 0 Å². The van der Waals surface area contributed by atoms with Gasteiger partial charge in [0.25, 0.3) is 0 Å². The Morgan fingerprint density at radius 3 is 2.40 bits per heavy atom. The summed E-state index contributed by atoms with van der Waals surface area (Å²) in [7, 11) is 0. The number of amides is 1. The van der Waals surface area contributed by atoms with Crippen LogP contribution in [0.15, 0.2) is 55.6 Å². The molecule has 0 aliphatic rings. The number of nitrogens with one attached hydrogen (secondary N) is 1. The SMILES string of the molecule is C=CCC(C)C(=O)OCC(NC(=O)C(C)(C)CC=C)c1ccccc1. The minimum absolute atomic E-state index is 0.0975. The number of carbonyl (C=O) groups is 2. The van der Waals surface area contributed by atoms with Gasteiger partial charge in [-0.1, -0.05) is 63.3 Å². The van der Waals surface area contributed by atoms with Gasteiger partial charge in [-0.25, -0.2) is 0 Å². The average molecular weight is 343 g/mol. The zero-order valence-electron chi connectivity index (χ0n) is 15.5. The molecule has 25 heavy (non-hydrogen) atoms. The Morgan fingerprint density at radius 1 is 1.20 bits per heavy atom. The molecule has 0 saturated carbocycles. The zero-order valence-corrected chi connectivity index (χ0v) is 15.5. The highest BCUT2D eigenvalue weighted by Crippen LogP contribution is 2.23. The third-order valence-electron chi connectivity index (χ3n) is 4.09. The molecule has 1 amide bonds. The zero-order chi connectivity index (χ0) is 18.9. The summed E-state index contributed by atoms with van der Waals surface area (Å²) in [5.74, 6) is -0.640. The summed E-state index contributed by atoms with van der Waals surface area (Å²) in [4.78, 5) is 24.7. The van der Waals surface area contributed by atoms with Crippen molar-refractivity contribution in [3.8, 4) is 0 Å². The third kappa shape index (κ3) is 6.57. The number of carbonyl (C=O) groups excluding carboxylic acids is 2. The molecular weight excluding hydrogens is 314 g/mol. The van der Waals surface area contributed by atoms with E-state index in [4.69, 9.17) is 4.74 Å². The van der Waals surface area contributed by atoms with Crippen LogP contribution < -0.4 is 5.32 Å². The Balaban J connectivity index is 2.84. The van der Waals surface area contributed by atoms with Gasteiger partial charge in [0, 0.05) is 5.41 Å². The van der Waals surface area contributed by atoms with E-state index in [0.29, 0.717) is 12.8 Å². The second-order valence-electron chi connectivity index (χ2n) is 6.87. The van der Waals surface area contributed by atoms with Crippen molar-refractivity contribution in [1.82, 2.24) is 5.32 Å². The van der Waals surface area contributed by atoms with E-state index in [0.717, 1.165) is 5.56 Å². The molecular formula is C21H29NO3. The highest BCUT2D eigenvalue weighted by molar-refractivity contribution is 5.82. The lowest BCUT2D eigenvalue weighted by Gasteiger charge is -2.27. The van der Waals surface area contributed by atoms with Crippen LogP contribution in [0.25, 0.3) is 0 Å². The standard InChI is InChI=1S/C21H29NO3/c1-6-11-16(3)19(23)25-15-18(17-12-9-8-10-13-17)22-20(24)21(4,5)14-7-2/h6-10,12-13,16,18H,1-2,11,14-15H2,3-5H3,(H,22,24). The van der Waals surface area contributed by atoms with E-state index in [2.05, 4.69) is 18.5 Å². The maximum absolute atomic E-state index is 12.6. The van der Waals surface area contributed by atoms with E-state index in [1.807, 2.05) is 44.2 Å².